The van der Waals surface area contributed by atoms with E-state index in [0.717, 1.165) is 94.0 Å². The third-order valence-corrected chi connectivity index (χ3v) is 21.4. The summed E-state index contributed by atoms with van der Waals surface area (Å²) in [5, 5.41) is 53.1. The standard InChI is InChI=1S/C23H22N6O2.3C21H18F2N6O2/c30-21-10-14(23(31)28-21)9-15-12-24-29-20(25-16-6-7-16)11-19(27-22(15)29)26-18-8-5-13-3-1-2-4-17(13)18;22-14-3-11(4-15(23)7-14)9-24-17-8-18(26-16-1-2-16)29-20(27-17)13(10-25-29)5-12-6-19(30)28-21(12)31;22-14-2-1-11(16(23)7-14)9-24-17-8-18(26-15-3-4-15)29-20(27-17)13(10-25-29)5-12-6-19(30)28-21(12)31;22-15-3-1-2-11(19(15)23)9-24-16-8-17(26-14-4-5-14)29-20(27-16)13(10-25-29)6-12-7-18(30)28-21(12)31/h1-4,9,11-12,16,18,25H,5-8,10H2,(H,26,27)(H,28,30,31);3-5,7-8,10,16,26H,1-2,6,9H2,(H,24,27)(H,28,30,31);1-2,5,7-8,10,15,26H,3-4,6,9H2,(H,24,27)(H,28,30,31);1-3,6,8,10,14,26H,4-5,7,9H2,(H,24,27)(H,28,30,31)/b14-9+;2*12-5+;12-6+. The van der Waals surface area contributed by atoms with E-state index in [0.29, 0.717) is 137 Å². The smallest absolute Gasteiger partial charge is 0.254 e. The van der Waals surface area contributed by atoms with Crippen molar-refractivity contribution >= 4 is 141 Å². The molecular formula is C86H76F6N24O8. The van der Waals surface area contributed by atoms with Crippen LogP contribution < -0.4 is 63.8 Å². The van der Waals surface area contributed by atoms with Crippen molar-refractivity contribution in [3.8, 4) is 0 Å². The van der Waals surface area contributed by atoms with E-state index in [9.17, 15) is 64.7 Å². The molecule has 21 rings (SSSR count). The highest BCUT2D eigenvalue weighted by molar-refractivity contribution is 6.18. The first-order valence-electron chi connectivity index (χ1n) is 40.2. The van der Waals surface area contributed by atoms with E-state index in [-0.39, 0.29) is 86.5 Å². The summed E-state index contributed by atoms with van der Waals surface area (Å²) in [5.41, 5.74) is 9.58. The number of rotatable bonds is 23. The molecule has 12 aromatic rings. The van der Waals surface area contributed by atoms with Crippen LogP contribution in [0.2, 0.25) is 0 Å². The number of benzene rings is 4. The van der Waals surface area contributed by atoms with Crippen molar-refractivity contribution in [2.45, 2.75) is 140 Å². The molecule has 5 aliphatic carbocycles. The van der Waals surface area contributed by atoms with Gasteiger partial charge in [0.2, 0.25) is 23.6 Å². The summed E-state index contributed by atoms with van der Waals surface area (Å²) in [6.45, 7) is 0.318. The summed E-state index contributed by atoms with van der Waals surface area (Å²) in [6.07, 6.45) is 23.7. The van der Waals surface area contributed by atoms with Gasteiger partial charge in [-0.2, -0.15) is 38.5 Å². The van der Waals surface area contributed by atoms with Gasteiger partial charge >= 0.3 is 0 Å². The number of hydrogen-bond acceptors (Lipinski definition) is 24. The SMILES string of the molecule is O=C1C/C(=C\c2cnn3c(NC4CC4)cc(NC4CCc5ccccc54)nc23)C(=O)N1.O=C1C/C(=C\c2cnn3c(NC4CC4)cc(NCc4cc(F)cc(F)c4)nc23)C(=O)N1.O=C1C/C(=C\c2cnn3c(NC4CC4)cc(NCc4ccc(F)cc4F)nc23)C(=O)N1.O=C1C/C(=C\c2cnn3c(NC4CC4)cc(NCc4cccc(F)c4F)nc23)C(=O)N1. The van der Waals surface area contributed by atoms with Crippen molar-refractivity contribution in [1.82, 2.24) is 79.7 Å². The van der Waals surface area contributed by atoms with Gasteiger partial charge in [-0.05, 0) is 129 Å². The molecule has 8 amide bonds. The van der Waals surface area contributed by atoms with E-state index in [1.807, 2.05) is 6.07 Å². The quantitative estimate of drug-likeness (QED) is 0.0161. The second-order valence-corrected chi connectivity index (χ2v) is 31.2. The number of nitrogens with zero attached hydrogens (tertiary/aromatic N) is 12. The van der Waals surface area contributed by atoms with Gasteiger partial charge in [0, 0.05) is 136 Å². The van der Waals surface area contributed by atoms with Crippen molar-refractivity contribution < 1.29 is 64.7 Å². The lowest BCUT2D eigenvalue weighted by atomic mass is 10.1. The molecule has 4 aromatic carbocycles. The average molecular weight is 1690 g/mol. The molecule has 0 bridgehead atoms. The van der Waals surface area contributed by atoms with Gasteiger partial charge in [-0.15, -0.1) is 0 Å². The van der Waals surface area contributed by atoms with Gasteiger partial charge in [0.1, 0.15) is 69.8 Å². The maximum atomic E-state index is 14.0. The van der Waals surface area contributed by atoms with Crippen LogP contribution in [0.4, 0.5) is 72.9 Å². The van der Waals surface area contributed by atoms with Gasteiger partial charge in [0.15, 0.2) is 34.2 Å². The van der Waals surface area contributed by atoms with Crippen molar-refractivity contribution in [1.29, 1.82) is 0 Å². The molecule has 12 heterocycles. The second kappa shape index (κ2) is 33.8. The molecule has 32 nitrogen and oxygen atoms in total. The van der Waals surface area contributed by atoms with Gasteiger partial charge in [-0.25, -0.2) is 46.3 Å². The van der Waals surface area contributed by atoms with Gasteiger partial charge in [0.05, 0.1) is 56.5 Å². The molecule has 8 aromatic heterocycles. The first kappa shape index (κ1) is 79.9. The van der Waals surface area contributed by atoms with Crippen molar-refractivity contribution in [3.05, 3.63) is 235 Å². The van der Waals surface area contributed by atoms with E-state index >= 15 is 0 Å². The fraction of sp³-hybridized carbons (Fsp3) is 0.256. The van der Waals surface area contributed by atoms with Crippen LogP contribution in [-0.2, 0) is 64.4 Å². The maximum absolute atomic E-state index is 14.0. The lowest BCUT2D eigenvalue weighted by Gasteiger charge is -2.17. The van der Waals surface area contributed by atoms with E-state index in [4.69, 9.17) is 4.98 Å². The third kappa shape index (κ3) is 18.4. The largest absolute Gasteiger partial charge is 0.367 e. The Kier molecular flexibility index (Phi) is 21.8. The topological polar surface area (TPSA) is 402 Å². The molecule has 38 heteroatoms. The Hall–Kier alpha value is -15.1. The number of imide groups is 4. The fourth-order valence-corrected chi connectivity index (χ4v) is 14.6. The van der Waals surface area contributed by atoms with E-state index in [2.05, 4.69) is 123 Å². The summed E-state index contributed by atoms with van der Waals surface area (Å²) in [6, 6.07) is 28.2. The Morgan fingerprint density at radius 1 is 0.363 bits per heavy atom. The van der Waals surface area contributed by atoms with E-state index in [1.165, 1.54) is 47.5 Å². The molecule has 4 saturated heterocycles. The summed E-state index contributed by atoms with van der Waals surface area (Å²) >= 11 is 0. The first-order valence-corrected chi connectivity index (χ1v) is 40.2. The average Bonchev–Trinajstić information content (AvgIpc) is 1.66. The Morgan fingerprint density at radius 3 is 1.13 bits per heavy atom. The number of fused-ring (bicyclic) bond motifs is 5. The number of nitrogens with one attached hydrogen (secondary N) is 12. The maximum Gasteiger partial charge on any atom is 0.254 e. The van der Waals surface area contributed by atoms with Gasteiger partial charge < -0.3 is 42.5 Å². The highest BCUT2D eigenvalue weighted by Gasteiger charge is 2.33. The molecule has 0 radical (unpaired) electrons. The number of carbonyl (C=O) groups excluding carboxylic acids is 8. The lowest BCUT2D eigenvalue weighted by molar-refractivity contribution is -0.125. The molecular weight excluding hydrogens is 1610 g/mol. The first-order chi connectivity index (χ1) is 60.0. The monoisotopic (exact) mass is 1690 g/mol. The normalized spacial score (nSPS) is 18.5. The van der Waals surface area contributed by atoms with Crippen molar-refractivity contribution in [3.63, 3.8) is 0 Å². The van der Waals surface area contributed by atoms with Gasteiger partial charge in [0.25, 0.3) is 23.6 Å². The molecule has 4 saturated carbocycles. The third-order valence-electron chi connectivity index (χ3n) is 21.4. The highest BCUT2D eigenvalue weighted by atomic mass is 19.2. The Morgan fingerprint density at radius 2 is 0.742 bits per heavy atom. The number of anilines is 8. The van der Waals surface area contributed by atoms with Gasteiger partial charge in [-0.3, -0.25) is 59.6 Å². The number of aryl methyl sites for hydroxylation is 1. The predicted octanol–water partition coefficient (Wildman–Crippen LogP) is 10.7. The molecule has 4 aliphatic heterocycles. The second-order valence-electron chi connectivity index (χ2n) is 31.2. The highest BCUT2D eigenvalue weighted by Crippen LogP contribution is 2.38. The van der Waals surface area contributed by atoms with E-state index < -0.39 is 52.6 Å². The van der Waals surface area contributed by atoms with Crippen LogP contribution in [0.3, 0.4) is 0 Å². The zero-order valence-corrected chi connectivity index (χ0v) is 65.7. The predicted molar refractivity (Wildman–Crippen MR) is 444 cm³/mol. The molecule has 1 atom stereocenters. The van der Waals surface area contributed by atoms with Crippen molar-refractivity contribution in [2.24, 2.45) is 0 Å². The number of carbonyl (C=O) groups is 8. The van der Waals surface area contributed by atoms with Crippen LogP contribution in [0.15, 0.2) is 150 Å². The molecule has 0 spiro atoms. The summed E-state index contributed by atoms with van der Waals surface area (Å²) in [4.78, 5) is 112. The van der Waals surface area contributed by atoms with Gasteiger partial charge in [-0.1, -0.05) is 42.5 Å². The lowest BCUT2D eigenvalue weighted by Crippen LogP contribution is -2.19. The number of halogens is 6. The van der Waals surface area contributed by atoms with Crippen molar-refractivity contribution in [2.75, 3.05) is 42.5 Å². The van der Waals surface area contributed by atoms with Crippen LogP contribution in [0, 0.1) is 34.9 Å². The number of aromatic nitrogens is 12. The van der Waals surface area contributed by atoms with Crippen LogP contribution in [0.1, 0.15) is 140 Å². The molecule has 630 valence electrons. The number of amides is 8. The molecule has 8 fully saturated rings. The Balaban J connectivity index is 0.000000113. The molecule has 12 N–H and O–H groups in total. The molecule has 124 heavy (non-hydrogen) atoms. The summed E-state index contributed by atoms with van der Waals surface area (Å²) < 4.78 is 88.2. The Bertz CT molecular complexity index is 6530. The van der Waals surface area contributed by atoms with Crippen LogP contribution in [-0.4, -0.2) is 130 Å². The fourth-order valence-electron chi connectivity index (χ4n) is 14.6. The summed E-state index contributed by atoms with van der Waals surface area (Å²) in [7, 11) is 0. The minimum Gasteiger partial charge on any atom is -0.367 e. The minimum absolute atomic E-state index is 0.000142. The van der Waals surface area contributed by atoms with Crippen LogP contribution in [0.25, 0.3) is 46.9 Å². The zero-order chi connectivity index (χ0) is 85.6. The number of hydrogen-bond donors (Lipinski definition) is 12. The van der Waals surface area contributed by atoms with Crippen LogP contribution >= 0.6 is 0 Å². The van der Waals surface area contributed by atoms with E-state index in [1.54, 1.807) is 85.4 Å². The van der Waals surface area contributed by atoms with Crippen LogP contribution in [0.5, 0.6) is 0 Å². The zero-order valence-electron chi connectivity index (χ0n) is 65.7. The summed E-state index contributed by atoms with van der Waals surface area (Å²) in [5.74, 6) is -2.24. The minimum atomic E-state index is -0.909. The molecule has 9 aliphatic rings. The molecule has 1 unspecified atom stereocenters. The Labute approximate surface area is 699 Å².